The van der Waals surface area contributed by atoms with Crippen LogP contribution in [0.3, 0.4) is 0 Å². The molecule has 0 aliphatic rings. The Labute approximate surface area is 111 Å². The fraction of sp³-hybridized carbons (Fsp3) is 0. The molecular weight excluding hydrogens is 302 g/mol. The monoisotopic (exact) mass is 309 g/mol. The predicted octanol–water partition coefficient (Wildman–Crippen LogP) is 2.07. The van der Waals surface area contributed by atoms with E-state index in [1.54, 1.807) is 6.20 Å². The summed E-state index contributed by atoms with van der Waals surface area (Å²) < 4.78 is 0.873. The number of aromatic nitrogens is 3. The lowest BCUT2D eigenvalue weighted by Gasteiger charge is -2.05. The van der Waals surface area contributed by atoms with Crippen LogP contribution in [0.2, 0.25) is 0 Å². The SMILES string of the molecule is N=C(N)c1cncnc1Sc1ncccc1Br. The van der Waals surface area contributed by atoms with Crippen LogP contribution >= 0.6 is 27.7 Å². The average Bonchev–Trinajstić information content (AvgIpc) is 2.32. The molecule has 0 spiro atoms. The Bertz CT molecular complexity index is 560. The molecule has 0 radical (unpaired) electrons. The molecule has 0 bridgehead atoms. The van der Waals surface area contributed by atoms with E-state index in [2.05, 4.69) is 30.9 Å². The first-order chi connectivity index (χ1) is 8.18. The molecule has 0 aliphatic carbocycles. The van der Waals surface area contributed by atoms with Gasteiger partial charge in [0.2, 0.25) is 0 Å². The first kappa shape index (κ1) is 12.0. The topological polar surface area (TPSA) is 88.5 Å². The van der Waals surface area contributed by atoms with E-state index in [1.807, 2.05) is 12.1 Å². The van der Waals surface area contributed by atoms with Gasteiger partial charge in [-0.05, 0) is 39.8 Å². The average molecular weight is 310 g/mol. The Morgan fingerprint density at radius 3 is 2.88 bits per heavy atom. The number of nitrogens with zero attached hydrogens (tertiary/aromatic N) is 3. The van der Waals surface area contributed by atoms with E-state index in [-0.39, 0.29) is 5.84 Å². The van der Waals surface area contributed by atoms with E-state index in [9.17, 15) is 0 Å². The lowest BCUT2D eigenvalue weighted by Crippen LogP contribution is -2.13. The van der Waals surface area contributed by atoms with Crippen molar-refractivity contribution in [1.29, 1.82) is 5.41 Å². The highest BCUT2D eigenvalue weighted by molar-refractivity contribution is 9.10. The van der Waals surface area contributed by atoms with Crippen LogP contribution in [0, 0.1) is 5.41 Å². The molecule has 5 nitrogen and oxygen atoms in total. The van der Waals surface area contributed by atoms with E-state index < -0.39 is 0 Å². The van der Waals surface area contributed by atoms with E-state index in [0.717, 1.165) is 9.50 Å². The van der Waals surface area contributed by atoms with Crippen molar-refractivity contribution in [2.75, 3.05) is 0 Å². The Morgan fingerprint density at radius 2 is 2.18 bits per heavy atom. The van der Waals surface area contributed by atoms with Gasteiger partial charge in [0.05, 0.1) is 10.0 Å². The first-order valence-corrected chi connectivity index (χ1v) is 6.22. The van der Waals surface area contributed by atoms with Crippen molar-refractivity contribution in [3.63, 3.8) is 0 Å². The highest BCUT2D eigenvalue weighted by Crippen LogP contribution is 2.31. The molecule has 0 saturated carbocycles. The third-order valence-corrected chi connectivity index (χ3v) is 3.82. The molecule has 2 aromatic rings. The number of hydrogen-bond donors (Lipinski definition) is 2. The number of amidine groups is 1. The summed E-state index contributed by atoms with van der Waals surface area (Å²) in [5, 5.41) is 8.84. The second-order valence-electron chi connectivity index (χ2n) is 3.05. The van der Waals surface area contributed by atoms with Gasteiger partial charge in [0, 0.05) is 12.4 Å². The van der Waals surface area contributed by atoms with E-state index in [0.29, 0.717) is 10.6 Å². The summed E-state index contributed by atoms with van der Waals surface area (Å²) in [6, 6.07) is 3.73. The summed E-state index contributed by atoms with van der Waals surface area (Å²) in [6.07, 6.45) is 4.64. The van der Waals surface area contributed by atoms with Crippen LogP contribution < -0.4 is 5.73 Å². The number of rotatable bonds is 3. The van der Waals surface area contributed by atoms with Gasteiger partial charge in [-0.1, -0.05) is 0 Å². The molecule has 7 heteroatoms. The maximum absolute atomic E-state index is 7.45. The minimum atomic E-state index is -0.0554. The molecule has 2 rings (SSSR count). The van der Waals surface area contributed by atoms with Gasteiger partial charge in [-0.2, -0.15) is 0 Å². The lowest BCUT2D eigenvalue weighted by atomic mass is 10.3. The summed E-state index contributed by atoms with van der Waals surface area (Å²) in [5.74, 6) is -0.0554. The summed E-state index contributed by atoms with van der Waals surface area (Å²) in [7, 11) is 0. The number of hydrogen-bond acceptors (Lipinski definition) is 5. The minimum Gasteiger partial charge on any atom is -0.384 e. The second kappa shape index (κ2) is 5.24. The highest BCUT2D eigenvalue weighted by atomic mass is 79.9. The smallest absolute Gasteiger partial charge is 0.127 e. The van der Waals surface area contributed by atoms with Crippen LogP contribution in [0.1, 0.15) is 5.56 Å². The Hall–Kier alpha value is -1.47. The van der Waals surface area contributed by atoms with Gasteiger partial charge in [-0.15, -0.1) is 0 Å². The molecule has 0 atom stereocenters. The zero-order valence-corrected chi connectivity index (χ0v) is 11.0. The molecule has 2 aromatic heterocycles. The number of nitrogens with two attached hydrogens (primary N) is 1. The van der Waals surface area contributed by atoms with Gasteiger partial charge in [-0.3, -0.25) is 5.41 Å². The van der Waals surface area contributed by atoms with Crippen molar-refractivity contribution in [2.24, 2.45) is 5.73 Å². The zero-order valence-electron chi connectivity index (χ0n) is 8.59. The quantitative estimate of drug-likeness (QED) is 0.515. The fourth-order valence-electron chi connectivity index (χ4n) is 1.12. The molecule has 17 heavy (non-hydrogen) atoms. The first-order valence-electron chi connectivity index (χ1n) is 4.61. The lowest BCUT2D eigenvalue weighted by molar-refractivity contribution is 1.02. The maximum Gasteiger partial charge on any atom is 0.127 e. The molecule has 0 saturated heterocycles. The summed E-state index contributed by atoms with van der Waals surface area (Å²) >= 11 is 4.74. The van der Waals surface area contributed by atoms with Crippen LogP contribution in [-0.2, 0) is 0 Å². The van der Waals surface area contributed by atoms with Gasteiger partial charge in [-0.25, -0.2) is 15.0 Å². The molecular formula is C10H8BrN5S. The zero-order chi connectivity index (χ0) is 12.3. The molecule has 0 amide bonds. The largest absolute Gasteiger partial charge is 0.384 e. The molecule has 0 unspecified atom stereocenters. The molecule has 0 aromatic carbocycles. The van der Waals surface area contributed by atoms with Crippen molar-refractivity contribution >= 4 is 33.5 Å². The molecule has 86 valence electrons. The maximum atomic E-state index is 7.45. The van der Waals surface area contributed by atoms with Crippen LogP contribution in [-0.4, -0.2) is 20.8 Å². The summed E-state index contributed by atoms with van der Waals surface area (Å²) in [5.41, 5.74) is 5.97. The Kier molecular flexibility index (Phi) is 3.70. The van der Waals surface area contributed by atoms with Crippen molar-refractivity contribution in [3.8, 4) is 0 Å². The third-order valence-electron chi connectivity index (χ3n) is 1.88. The van der Waals surface area contributed by atoms with E-state index in [1.165, 1.54) is 24.3 Å². The van der Waals surface area contributed by atoms with Crippen molar-refractivity contribution < 1.29 is 0 Å². The normalized spacial score (nSPS) is 10.2. The molecule has 0 aliphatic heterocycles. The summed E-state index contributed by atoms with van der Waals surface area (Å²) in [4.78, 5) is 12.2. The van der Waals surface area contributed by atoms with Crippen LogP contribution in [0.25, 0.3) is 0 Å². The van der Waals surface area contributed by atoms with Crippen molar-refractivity contribution in [1.82, 2.24) is 15.0 Å². The fourth-order valence-corrected chi connectivity index (χ4v) is 2.45. The molecule has 2 heterocycles. The predicted molar refractivity (Wildman–Crippen MR) is 69.1 cm³/mol. The van der Waals surface area contributed by atoms with Crippen molar-refractivity contribution in [3.05, 3.63) is 40.9 Å². The van der Waals surface area contributed by atoms with Crippen LogP contribution in [0.15, 0.2) is 45.4 Å². The van der Waals surface area contributed by atoms with E-state index >= 15 is 0 Å². The molecule has 3 N–H and O–H groups in total. The molecule has 0 fully saturated rings. The Balaban J connectivity index is 2.37. The van der Waals surface area contributed by atoms with E-state index in [4.69, 9.17) is 11.1 Å². The second-order valence-corrected chi connectivity index (χ2v) is 4.88. The summed E-state index contributed by atoms with van der Waals surface area (Å²) in [6.45, 7) is 0. The van der Waals surface area contributed by atoms with Gasteiger partial charge in [0.25, 0.3) is 0 Å². The third kappa shape index (κ3) is 2.80. The van der Waals surface area contributed by atoms with Gasteiger partial charge in [0.15, 0.2) is 0 Å². The standard InChI is InChI=1S/C10H8BrN5S/c11-7-2-1-3-15-10(7)17-9-6(8(12)13)4-14-5-16-9/h1-5H,(H3,12,13). The van der Waals surface area contributed by atoms with Crippen LogP contribution in [0.4, 0.5) is 0 Å². The highest BCUT2D eigenvalue weighted by Gasteiger charge is 2.11. The number of nitrogens with one attached hydrogen (secondary N) is 1. The van der Waals surface area contributed by atoms with Gasteiger partial charge < -0.3 is 5.73 Å². The minimum absolute atomic E-state index is 0.0554. The Morgan fingerprint density at radius 1 is 1.35 bits per heavy atom. The van der Waals surface area contributed by atoms with Gasteiger partial charge >= 0.3 is 0 Å². The van der Waals surface area contributed by atoms with Crippen LogP contribution in [0.5, 0.6) is 0 Å². The van der Waals surface area contributed by atoms with Crippen molar-refractivity contribution in [2.45, 2.75) is 10.1 Å². The number of pyridine rings is 1. The number of halogens is 1. The van der Waals surface area contributed by atoms with Gasteiger partial charge in [0.1, 0.15) is 22.2 Å². The number of nitrogen functional groups attached to an aromatic ring is 1.